The van der Waals surface area contributed by atoms with Gasteiger partial charge in [0, 0.05) is 6.54 Å². The highest BCUT2D eigenvalue weighted by molar-refractivity contribution is 5.75. The van der Waals surface area contributed by atoms with Gasteiger partial charge in [-0.25, -0.2) is 4.39 Å². The summed E-state index contributed by atoms with van der Waals surface area (Å²) in [5, 5.41) is 12.5. The van der Waals surface area contributed by atoms with Crippen molar-refractivity contribution in [3.63, 3.8) is 0 Å². The number of nitro groups is 1. The van der Waals surface area contributed by atoms with Crippen molar-refractivity contribution in [3.8, 4) is 0 Å². The lowest BCUT2D eigenvalue weighted by atomic mass is 10.5. The van der Waals surface area contributed by atoms with Crippen LogP contribution in [0.4, 0.5) is 10.2 Å². The lowest BCUT2D eigenvalue weighted by molar-refractivity contribution is -0.389. The maximum Gasteiger partial charge on any atom is 0.381 e. The molecule has 0 saturated heterocycles. The predicted octanol–water partition coefficient (Wildman–Crippen LogP) is -0.123. The first-order valence-electron chi connectivity index (χ1n) is 4.12. The maximum atomic E-state index is 11.7. The van der Waals surface area contributed by atoms with Gasteiger partial charge >= 0.3 is 5.82 Å². The third-order valence-corrected chi connectivity index (χ3v) is 1.55. The van der Waals surface area contributed by atoms with E-state index in [2.05, 4.69) is 10.3 Å². The fraction of sp³-hybridized carbons (Fsp3) is 0.429. The SMILES string of the molecule is O=C(Cn1cnc([N+](=O)[O-])c1)NCCF. The van der Waals surface area contributed by atoms with Gasteiger partial charge in [-0.05, 0) is 9.91 Å². The Kier molecular flexibility index (Phi) is 3.72. The topological polar surface area (TPSA) is 90.1 Å². The molecule has 0 radical (unpaired) electrons. The molecule has 0 unspecified atom stereocenters. The molecular formula is C7H9FN4O3. The smallest absolute Gasteiger partial charge is 0.358 e. The highest BCUT2D eigenvalue weighted by Gasteiger charge is 2.11. The van der Waals surface area contributed by atoms with Crippen LogP contribution in [-0.4, -0.2) is 33.6 Å². The Morgan fingerprint density at radius 2 is 2.47 bits per heavy atom. The van der Waals surface area contributed by atoms with Gasteiger partial charge in [0.15, 0.2) is 0 Å². The molecule has 0 fully saturated rings. The van der Waals surface area contributed by atoms with E-state index in [0.29, 0.717) is 0 Å². The number of aromatic nitrogens is 2. The minimum atomic E-state index is -0.657. The van der Waals surface area contributed by atoms with E-state index >= 15 is 0 Å². The van der Waals surface area contributed by atoms with Crippen LogP contribution in [0, 0.1) is 10.1 Å². The summed E-state index contributed by atoms with van der Waals surface area (Å²) in [5.41, 5.74) is 0. The number of hydrogen-bond donors (Lipinski definition) is 1. The third-order valence-electron chi connectivity index (χ3n) is 1.55. The zero-order chi connectivity index (χ0) is 11.3. The van der Waals surface area contributed by atoms with Gasteiger partial charge in [-0.2, -0.15) is 0 Å². The summed E-state index contributed by atoms with van der Waals surface area (Å²) in [6.45, 7) is -0.813. The van der Waals surface area contributed by atoms with Crippen molar-refractivity contribution in [2.45, 2.75) is 6.54 Å². The van der Waals surface area contributed by atoms with E-state index in [-0.39, 0.29) is 18.9 Å². The lowest BCUT2D eigenvalue weighted by Crippen LogP contribution is -2.28. The minimum Gasteiger partial charge on any atom is -0.358 e. The number of rotatable bonds is 5. The van der Waals surface area contributed by atoms with E-state index in [1.165, 1.54) is 10.9 Å². The van der Waals surface area contributed by atoms with E-state index in [1.807, 2.05) is 0 Å². The Morgan fingerprint density at radius 3 is 3.00 bits per heavy atom. The molecule has 1 amide bonds. The summed E-state index contributed by atoms with van der Waals surface area (Å²) in [6, 6.07) is 0. The number of nitrogens with one attached hydrogen (secondary N) is 1. The lowest BCUT2D eigenvalue weighted by Gasteiger charge is -2.01. The summed E-state index contributed by atoms with van der Waals surface area (Å²) >= 11 is 0. The quantitative estimate of drug-likeness (QED) is 0.548. The van der Waals surface area contributed by atoms with E-state index in [1.54, 1.807) is 0 Å². The Hall–Kier alpha value is -1.99. The van der Waals surface area contributed by atoms with Crippen molar-refractivity contribution in [3.05, 3.63) is 22.6 Å². The largest absolute Gasteiger partial charge is 0.381 e. The average molecular weight is 216 g/mol. The molecule has 7 nitrogen and oxygen atoms in total. The molecule has 0 spiro atoms. The monoisotopic (exact) mass is 216 g/mol. The van der Waals surface area contributed by atoms with Gasteiger partial charge in [-0.1, -0.05) is 0 Å². The van der Waals surface area contributed by atoms with Gasteiger partial charge < -0.3 is 20.0 Å². The van der Waals surface area contributed by atoms with Crippen molar-refractivity contribution < 1.29 is 14.1 Å². The number of carbonyl (C=O) groups is 1. The van der Waals surface area contributed by atoms with Crippen LogP contribution >= 0.6 is 0 Å². The average Bonchev–Trinajstić information content (AvgIpc) is 2.63. The first-order valence-corrected chi connectivity index (χ1v) is 4.12. The standard InChI is InChI=1S/C7H9FN4O3/c8-1-2-9-7(13)4-11-3-6(10-5-11)12(14)15/h3,5H,1-2,4H2,(H,9,13). The molecule has 1 heterocycles. The fourth-order valence-corrected chi connectivity index (χ4v) is 0.937. The minimum absolute atomic E-state index is 0.0599. The summed E-state index contributed by atoms with van der Waals surface area (Å²) in [7, 11) is 0. The molecule has 0 atom stereocenters. The van der Waals surface area contributed by atoms with Gasteiger partial charge in [0.05, 0.1) is 0 Å². The van der Waals surface area contributed by atoms with E-state index < -0.39 is 17.5 Å². The molecule has 0 aliphatic heterocycles. The maximum absolute atomic E-state index is 11.7. The first-order chi connectivity index (χ1) is 7.13. The number of imidazole rings is 1. The van der Waals surface area contributed by atoms with Crippen LogP contribution in [0.25, 0.3) is 0 Å². The van der Waals surface area contributed by atoms with Crippen LogP contribution in [-0.2, 0) is 11.3 Å². The Balaban J connectivity index is 2.50. The summed E-state index contributed by atoms with van der Waals surface area (Å²) in [4.78, 5) is 24.1. The predicted molar refractivity (Wildman–Crippen MR) is 47.9 cm³/mol. The zero-order valence-corrected chi connectivity index (χ0v) is 7.72. The van der Waals surface area contributed by atoms with Crippen molar-refractivity contribution in [2.24, 2.45) is 0 Å². The second-order valence-corrected chi connectivity index (χ2v) is 2.70. The van der Waals surface area contributed by atoms with Crippen LogP contribution in [0.1, 0.15) is 0 Å². The molecule has 1 aromatic rings. The number of halogens is 1. The molecule has 82 valence electrons. The summed E-state index contributed by atoms with van der Waals surface area (Å²) in [5.74, 6) is -0.742. The molecular weight excluding hydrogens is 207 g/mol. The van der Waals surface area contributed by atoms with Gasteiger partial charge in [-0.3, -0.25) is 4.79 Å². The van der Waals surface area contributed by atoms with Gasteiger partial charge in [-0.15, -0.1) is 0 Å². The van der Waals surface area contributed by atoms with Crippen LogP contribution in [0.5, 0.6) is 0 Å². The molecule has 0 aliphatic carbocycles. The Labute approximate surface area is 84.1 Å². The molecule has 0 saturated carbocycles. The molecule has 0 aliphatic rings. The number of hydrogen-bond acceptors (Lipinski definition) is 4. The Morgan fingerprint density at radius 1 is 1.73 bits per heavy atom. The molecule has 15 heavy (non-hydrogen) atoms. The first kappa shape index (κ1) is 11.1. The number of alkyl halides is 1. The highest BCUT2D eigenvalue weighted by Crippen LogP contribution is 2.04. The van der Waals surface area contributed by atoms with E-state index in [0.717, 1.165) is 6.20 Å². The van der Waals surface area contributed by atoms with Crippen LogP contribution in [0.15, 0.2) is 12.5 Å². The van der Waals surface area contributed by atoms with Crippen LogP contribution < -0.4 is 5.32 Å². The second-order valence-electron chi connectivity index (χ2n) is 2.70. The van der Waals surface area contributed by atoms with E-state index in [9.17, 15) is 19.3 Å². The zero-order valence-electron chi connectivity index (χ0n) is 7.72. The number of nitrogens with zero attached hydrogens (tertiary/aromatic N) is 3. The van der Waals surface area contributed by atoms with Gasteiger partial charge in [0.25, 0.3) is 0 Å². The molecule has 1 rings (SSSR count). The van der Waals surface area contributed by atoms with Crippen LogP contribution in [0.3, 0.4) is 0 Å². The normalized spacial score (nSPS) is 9.93. The van der Waals surface area contributed by atoms with Crippen molar-refractivity contribution in [1.82, 2.24) is 14.9 Å². The van der Waals surface area contributed by atoms with Gasteiger partial charge in [0.2, 0.25) is 12.2 Å². The molecule has 8 heteroatoms. The van der Waals surface area contributed by atoms with Crippen LogP contribution in [0.2, 0.25) is 0 Å². The molecule has 1 aromatic heterocycles. The molecule has 1 N–H and O–H groups in total. The summed E-state index contributed by atoms with van der Waals surface area (Å²) < 4.78 is 12.9. The van der Waals surface area contributed by atoms with Gasteiger partial charge in [0.1, 0.15) is 19.4 Å². The number of carbonyl (C=O) groups excluding carboxylic acids is 1. The molecule has 0 aromatic carbocycles. The summed E-state index contributed by atoms with van der Waals surface area (Å²) in [6.07, 6.45) is 2.31. The van der Waals surface area contributed by atoms with Crippen molar-refractivity contribution >= 4 is 11.7 Å². The van der Waals surface area contributed by atoms with E-state index in [4.69, 9.17) is 0 Å². The highest BCUT2D eigenvalue weighted by atomic mass is 19.1. The Bertz CT molecular complexity index is 365. The van der Waals surface area contributed by atoms with Crippen molar-refractivity contribution in [1.29, 1.82) is 0 Å². The number of amides is 1. The fourth-order valence-electron chi connectivity index (χ4n) is 0.937. The second kappa shape index (κ2) is 5.03. The van der Waals surface area contributed by atoms with Crippen molar-refractivity contribution in [2.75, 3.05) is 13.2 Å². The third kappa shape index (κ3) is 3.33. The molecule has 0 bridgehead atoms.